The van der Waals surface area contributed by atoms with Gasteiger partial charge in [-0.15, -0.1) is 0 Å². The molecule has 0 bridgehead atoms. The van der Waals surface area contributed by atoms with Gasteiger partial charge in [-0.2, -0.15) is 0 Å². The highest BCUT2D eigenvalue weighted by Crippen LogP contribution is 2.38. The molecule has 0 heterocycles. The number of carboxylic acid groups (broad SMARTS) is 1. The van der Waals surface area contributed by atoms with Crippen molar-refractivity contribution in [2.75, 3.05) is 33.0 Å². The van der Waals surface area contributed by atoms with Gasteiger partial charge in [0.2, 0.25) is 0 Å². The SMILES string of the molecule is O=C(O)COC[C@@H]1C[C@@H]1COCCO. The Bertz CT molecular complexity index is 182. The van der Waals surface area contributed by atoms with Crippen molar-refractivity contribution in [2.45, 2.75) is 6.42 Å². The molecule has 0 radical (unpaired) electrons. The van der Waals surface area contributed by atoms with E-state index in [1.165, 1.54) is 0 Å². The van der Waals surface area contributed by atoms with Gasteiger partial charge in [-0.25, -0.2) is 4.79 Å². The molecule has 0 aliphatic heterocycles. The number of hydrogen-bond donors (Lipinski definition) is 2. The fourth-order valence-corrected chi connectivity index (χ4v) is 1.32. The largest absolute Gasteiger partial charge is 0.480 e. The van der Waals surface area contributed by atoms with Crippen molar-refractivity contribution < 1.29 is 24.5 Å². The second kappa shape index (κ2) is 5.95. The summed E-state index contributed by atoms with van der Waals surface area (Å²) in [6.45, 7) is 1.34. The van der Waals surface area contributed by atoms with E-state index in [1.54, 1.807) is 0 Å². The van der Waals surface area contributed by atoms with E-state index in [-0.39, 0.29) is 13.2 Å². The zero-order valence-electron chi connectivity index (χ0n) is 8.02. The van der Waals surface area contributed by atoms with Gasteiger partial charge in [-0.3, -0.25) is 0 Å². The van der Waals surface area contributed by atoms with Crippen LogP contribution in [0.2, 0.25) is 0 Å². The Morgan fingerprint density at radius 1 is 1.29 bits per heavy atom. The van der Waals surface area contributed by atoms with Crippen LogP contribution in [0.15, 0.2) is 0 Å². The standard InChI is InChI=1S/C9H16O5/c10-1-2-13-4-7-3-8(7)5-14-6-9(11)12/h7-8,10H,1-6H2,(H,11,12)/t7-,8+/m1/s1. The Kier molecular flexibility index (Phi) is 4.86. The molecule has 0 unspecified atom stereocenters. The van der Waals surface area contributed by atoms with Crippen molar-refractivity contribution in [3.8, 4) is 0 Å². The highest BCUT2D eigenvalue weighted by molar-refractivity contribution is 5.67. The summed E-state index contributed by atoms with van der Waals surface area (Å²) in [4.78, 5) is 10.1. The average molecular weight is 204 g/mol. The van der Waals surface area contributed by atoms with Crippen molar-refractivity contribution in [1.82, 2.24) is 0 Å². The number of aliphatic hydroxyl groups is 1. The second-order valence-electron chi connectivity index (χ2n) is 3.46. The fourth-order valence-electron chi connectivity index (χ4n) is 1.32. The number of hydrogen-bond acceptors (Lipinski definition) is 4. The molecule has 1 saturated carbocycles. The quantitative estimate of drug-likeness (QED) is 0.532. The highest BCUT2D eigenvalue weighted by Gasteiger charge is 2.37. The molecule has 82 valence electrons. The first-order valence-electron chi connectivity index (χ1n) is 4.72. The van der Waals surface area contributed by atoms with Gasteiger partial charge in [0, 0.05) is 6.61 Å². The fraction of sp³-hybridized carbons (Fsp3) is 0.889. The van der Waals surface area contributed by atoms with E-state index >= 15 is 0 Å². The van der Waals surface area contributed by atoms with E-state index in [2.05, 4.69) is 0 Å². The number of ether oxygens (including phenoxy) is 2. The van der Waals surface area contributed by atoms with E-state index < -0.39 is 5.97 Å². The third-order valence-corrected chi connectivity index (χ3v) is 2.19. The van der Waals surface area contributed by atoms with Crippen LogP contribution in [0.5, 0.6) is 0 Å². The molecule has 1 aliphatic rings. The van der Waals surface area contributed by atoms with Gasteiger partial charge in [-0.1, -0.05) is 0 Å². The van der Waals surface area contributed by atoms with E-state index in [9.17, 15) is 4.79 Å². The molecular formula is C9H16O5. The molecule has 0 aromatic carbocycles. The van der Waals surface area contributed by atoms with Gasteiger partial charge >= 0.3 is 5.97 Å². The zero-order valence-corrected chi connectivity index (χ0v) is 8.02. The molecule has 2 N–H and O–H groups in total. The van der Waals surface area contributed by atoms with Crippen molar-refractivity contribution in [2.24, 2.45) is 11.8 Å². The molecule has 1 aliphatic carbocycles. The molecule has 0 aromatic heterocycles. The van der Waals surface area contributed by atoms with E-state index in [4.69, 9.17) is 19.7 Å². The number of rotatable bonds is 8. The Balaban J connectivity index is 1.89. The maximum atomic E-state index is 10.1. The molecule has 14 heavy (non-hydrogen) atoms. The molecule has 0 spiro atoms. The molecular weight excluding hydrogens is 188 g/mol. The summed E-state index contributed by atoms with van der Waals surface area (Å²) in [5.41, 5.74) is 0. The minimum atomic E-state index is -0.932. The van der Waals surface area contributed by atoms with Crippen molar-refractivity contribution in [3.05, 3.63) is 0 Å². The van der Waals surface area contributed by atoms with Crippen LogP contribution in [0.4, 0.5) is 0 Å². The lowest BCUT2D eigenvalue weighted by Gasteiger charge is -2.01. The predicted octanol–water partition coefficient (Wildman–Crippen LogP) is -0.267. The van der Waals surface area contributed by atoms with Crippen LogP contribution in [-0.2, 0) is 14.3 Å². The summed E-state index contributed by atoms with van der Waals surface area (Å²) in [6, 6.07) is 0. The summed E-state index contributed by atoms with van der Waals surface area (Å²) in [7, 11) is 0. The number of carboxylic acids is 1. The van der Waals surface area contributed by atoms with Crippen molar-refractivity contribution in [3.63, 3.8) is 0 Å². The van der Waals surface area contributed by atoms with Crippen LogP contribution in [-0.4, -0.2) is 49.2 Å². The van der Waals surface area contributed by atoms with Gasteiger partial charge in [0.1, 0.15) is 6.61 Å². The van der Waals surface area contributed by atoms with Gasteiger partial charge in [0.05, 0.1) is 19.8 Å². The summed E-state index contributed by atoms with van der Waals surface area (Å²) in [6.07, 6.45) is 1.03. The molecule has 0 saturated heterocycles. The monoisotopic (exact) mass is 204 g/mol. The summed E-state index contributed by atoms with van der Waals surface area (Å²) >= 11 is 0. The summed E-state index contributed by atoms with van der Waals surface area (Å²) < 4.78 is 10.1. The zero-order chi connectivity index (χ0) is 10.4. The molecule has 1 fully saturated rings. The van der Waals surface area contributed by atoms with Gasteiger partial charge < -0.3 is 19.7 Å². The lowest BCUT2D eigenvalue weighted by molar-refractivity contribution is -0.142. The van der Waals surface area contributed by atoms with Crippen LogP contribution >= 0.6 is 0 Å². The van der Waals surface area contributed by atoms with Crippen LogP contribution in [0, 0.1) is 11.8 Å². The van der Waals surface area contributed by atoms with Gasteiger partial charge in [-0.05, 0) is 18.3 Å². The van der Waals surface area contributed by atoms with Crippen LogP contribution < -0.4 is 0 Å². The number of carbonyl (C=O) groups is 1. The molecule has 5 nitrogen and oxygen atoms in total. The van der Waals surface area contributed by atoms with Gasteiger partial charge in [0.15, 0.2) is 0 Å². The Morgan fingerprint density at radius 2 is 1.93 bits per heavy atom. The molecule has 0 aromatic rings. The van der Waals surface area contributed by atoms with E-state index in [0.29, 0.717) is 31.7 Å². The average Bonchev–Trinajstić information content (AvgIpc) is 2.84. The number of aliphatic carboxylic acids is 1. The third kappa shape index (κ3) is 4.55. The lowest BCUT2D eigenvalue weighted by atomic mass is 10.3. The smallest absolute Gasteiger partial charge is 0.329 e. The van der Waals surface area contributed by atoms with Crippen LogP contribution in [0.25, 0.3) is 0 Å². The Morgan fingerprint density at radius 3 is 2.50 bits per heavy atom. The third-order valence-electron chi connectivity index (χ3n) is 2.19. The molecule has 2 atom stereocenters. The topological polar surface area (TPSA) is 76.0 Å². The Labute approximate surface area is 82.6 Å². The molecule has 0 amide bonds. The minimum absolute atomic E-state index is 0.0485. The summed E-state index contributed by atoms with van der Waals surface area (Å²) in [5, 5.41) is 16.8. The van der Waals surface area contributed by atoms with E-state index in [1.807, 2.05) is 0 Å². The summed E-state index contributed by atoms with van der Waals surface area (Å²) in [5.74, 6) is -0.0119. The second-order valence-corrected chi connectivity index (χ2v) is 3.46. The Hall–Kier alpha value is -0.650. The minimum Gasteiger partial charge on any atom is -0.480 e. The maximum absolute atomic E-state index is 10.1. The lowest BCUT2D eigenvalue weighted by Crippen LogP contribution is -2.10. The normalized spacial score (nSPS) is 24.9. The van der Waals surface area contributed by atoms with Crippen LogP contribution in [0.1, 0.15) is 6.42 Å². The first-order chi connectivity index (χ1) is 6.74. The van der Waals surface area contributed by atoms with Crippen LogP contribution in [0.3, 0.4) is 0 Å². The molecule has 5 heteroatoms. The first-order valence-corrected chi connectivity index (χ1v) is 4.72. The first kappa shape index (κ1) is 11.4. The van der Waals surface area contributed by atoms with Crippen molar-refractivity contribution >= 4 is 5.97 Å². The maximum Gasteiger partial charge on any atom is 0.329 e. The van der Waals surface area contributed by atoms with Crippen molar-refractivity contribution in [1.29, 1.82) is 0 Å². The van der Waals surface area contributed by atoms with Gasteiger partial charge in [0.25, 0.3) is 0 Å². The predicted molar refractivity (Wildman–Crippen MR) is 48.0 cm³/mol. The molecule has 1 rings (SSSR count). The highest BCUT2D eigenvalue weighted by atomic mass is 16.5. The number of aliphatic hydroxyl groups excluding tert-OH is 1. The van der Waals surface area contributed by atoms with E-state index in [0.717, 1.165) is 6.42 Å².